The van der Waals surface area contributed by atoms with Gasteiger partial charge in [-0.05, 0) is 96.0 Å². The van der Waals surface area contributed by atoms with E-state index in [9.17, 15) is 0 Å². The SMILES string of the molecule is c1ccc2c(c1)oc1cccc(-c3ccc(-c4c5ccccc5c(-c5cc6cccc7sc8cccc5c8c67)c5ccccc45)cc3)c12. The number of furan rings is 1. The minimum atomic E-state index is 0.920. The summed E-state index contributed by atoms with van der Waals surface area (Å²) in [6, 6.07) is 57.7. The Labute approximate surface area is 280 Å². The molecule has 0 N–H and O–H groups in total. The first kappa shape index (κ1) is 26.1. The van der Waals surface area contributed by atoms with E-state index in [-0.39, 0.29) is 0 Å². The van der Waals surface area contributed by atoms with Gasteiger partial charge in [0.2, 0.25) is 0 Å². The van der Waals surface area contributed by atoms with Gasteiger partial charge in [-0.1, -0.05) is 127 Å². The van der Waals surface area contributed by atoms with Gasteiger partial charge >= 0.3 is 0 Å². The van der Waals surface area contributed by atoms with Gasteiger partial charge in [0, 0.05) is 30.9 Å². The van der Waals surface area contributed by atoms with Crippen LogP contribution in [-0.2, 0) is 0 Å². The van der Waals surface area contributed by atoms with Crippen molar-refractivity contribution in [3.8, 4) is 33.4 Å². The van der Waals surface area contributed by atoms with Gasteiger partial charge < -0.3 is 4.42 Å². The zero-order valence-electron chi connectivity index (χ0n) is 25.8. The van der Waals surface area contributed by atoms with Crippen LogP contribution in [0.5, 0.6) is 0 Å². The third kappa shape index (κ3) is 3.55. The Morgan fingerprint density at radius 1 is 0.354 bits per heavy atom. The Bertz CT molecular complexity index is 2990. The molecule has 2 aromatic heterocycles. The molecule has 9 aromatic carbocycles. The topological polar surface area (TPSA) is 13.1 Å². The second-order valence-corrected chi connectivity index (χ2v) is 13.8. The van der Waals surface area contributed by atoms with Crippen molar-refractivity contribution in [3.63, 3.8) is 0 Å². The van der Waals surface area contributed by atoms with Crippen LogP contribution in [-0.4, -0.2) is 0 Å². The number of fused-ring (bicyclic) bond motifs is 5. The fraction of sp³-hybridized carbons (Fsp3) is 0. The van der Waals surface area contributed by atoms with Gasteiger partial charge in [0.05, 0.1) is 0 Å². The van der Waals surface area contributed by atoms with Crippen LogP contribution in [0, 0.1) is 0 Å². The van der Waals surface area contributed by atoms with E-state index in [1.165, 1.54) is 91.3 Å². The molecule has 222 valence electrons. The molecule has 2 heteroatoms. The standard InChI is InChI=1S/C46H26OS/c1-3-13-33-31(11-1)42(28-24-22-27(23-25-28)30-16-8-19-39-45(30)36-15-5-6-18-38(36)47-39)32-12-2-4-14-34(32)44(33)37-26-29-10-7-20-40-43(29)46-35(37)17-9-21-41(46)48-40/h1-26H. The average Bonchev–Trinajstić information content (AvgIpc) is 3.72. The van der Waals surface area contributed by atoms with Crippen molar-refractivity contribution in [2.45, 2.75) is 0 Å². The molecule has 0 unspecified atom stereocenters. The highest BCUT2D eigenvalue weighted by Crippen LogP contribution is 2.49. The maximum Gasteiger partial charge on any atom is 0.136 e. The van der Waals surface area contributed by atoms with Crippen molar-refractivity contribution in [1.82, 2.24) is 0 Å². The molecule has 0 fully saturated rings. The van der Waals surface area contributed by atoms with E-state index in [0.29, 0.717) is 0 Å². The summed E-state index contributed by atoms with van der Waals surface area (Å²) in [4.78, 5) is 0. The Kier molecular flexibility index (Phi) is 5.32. The third-order valence-electron chi connectivity index (χ3n) is 10.2. The van der Waals surface area contributed by atoms with E-state index in [4.69, 9.17) is 4.42 Å². The van der Waals surface area contributed by atoms with Gasteiger partial charge in [-0.3, -0.25) is 0 Å². The molecule has 1 nitrogen and oxygen atoms in total. The monoisotopic (exact) mass is 626 g/mol. The average molecular weight is 627 g/mol. The van der Waals surface area contributed by atoms with E-state index >= 15 is 0 Å². The van der Waals surface area contributed by atoms with Gasteiger partial charge in [-0.2, -0.15) is 0 Å². The number of rotatable bonds is 3. The smallest absolute Gasteiger partial charge is 0.136 e. The van der Waals surface area contributed by atoms with Gasteiger partial charge in [0.25, 0.3) is 0 Å². The summed E-state index contributed by atoms with van der Waals surface area (Å²) >= 11 is 1.90. The Balaban J connectivity index is 1.17. The molecule has 48 heavy (non-hydrogen) atoms. The fourth-order valence-electron chi connectivity index (χ4n) is 8.24. The summed E-state index contributed by atoms with van der Waals surface area (Å²) in [5, 5.41) is 12.8. The normalized spacial score (nSPS) is 12.2. The van der Waals surface area contributed by atoms with Crippen LogP contribution in [0.2, 0.25) is 0 Å². The van der Waals surface area contributed by atoms with E-state index < -0.39 is 0 Å². The van der Waals surface area contributed by atoms with Gasteiger partial charge in [-0.25, -0.2) is 0 Å². The molecule has 2 heterocycles. The first-order valence-electron chi connectivity index (χ1n) is 16.4. The highest BCUT2D eigenvalue weighted by Gasteiger charge is 2.21. The maximum atomic E-state index is 6.21. The molecule has 11 aromatic rings. The lowest BCUT2D eigenvalue weighted by Gasteiger charge is -2.19. The molecular formula is C46H26OS. The molecule has 0 saturated carbocycles. The summed E-state index contributed by atoms with van der Waals surface area (Å²) in [5.74, 6) is 0. The van der Waals surface area contributed by atoms with Gasteiger partial charge in [0.1, 0.15) is 11.2 Å². The van der Waals surface area contributed by atoms with Crippen LogP contribution >= 0.6 is 11.3 Å². The van der Waals surface area contributed by atoms with Crippen LogP contribution in [0.3, 0.4) is 0 Å². The van der Waals surface area contributed by atoms with Gasteiger partial charge in [0.15, 0.2) is 0 Å². The number of para-hydroxylation sites is 1. The van der Waals surface area contributed by atoms with Crippen molar-refractivity contribution in [1.29, 1.82) is 0 Å². The molecular weight excluding hydrogens is 601 g/mol. The first-order chi connectivity index (χ1) is 23.8. The molecule has 0 saturated heterocycles. The zero-order chi connectivity index (χ0) is 31.3. The Hall–Kier alpha value is -5.96. The van der Waals surface area contributed by atoms with E-state index in [1.807, 2.05) is 23.5 Å². The zero-order valence-corrected chi connectivity index (χ0v) is 26.6. The molecule has 0 aliphatic rings. The van der Waals surface area contributed by atoms with Crippen molar-refractivity contribution in [3.05, 3.63) is 158 Å². The molecule has 0 amide bonds. The van der Waals surface area contributed by atoms with Crippen LogP contribution in [0.4, 0.5) is 0 Å². The lowest BCUT2D eigenvalue weighted by Crippen LogP contribution is -1.92. The summed E-state index contributed by atoms with van der Waals surface area (Å²) in [7, 11) is 0. The molecule has 0 spiro atoms. The van der Waals surface area contributed by atoms with Crippen molar-refractivity contribution >= 4 is 85.8 Å². The minimum Gasteiger partial charge on any atom is -0.456 e. The van der Waals surface area contributed by atoms with Crippen molar-refractivity contribution in [2.24, 2.45) is 0 Å². The number of benzene rings is 9. The Morgan fingerprint density at radius 2 is 0.917 bits per heavy atom. The number of hydrogen-bond acceptors (Lipinski definition) is 2. The van der Waals surface area contributed by atoms with Crippen molar-refractivity contribution < 1.29 is 4.42 Å². The van der Waals surface area contributed by atoms with Crippen LogP contribution in [0.25, 0.3) is 108 Å². The second-order valence-electron chi connectivity index (χ2n) is 12.8. The second kappa shape index (κ2) is 9.78. The molecule has 0 bridgehead atoms. The number of hydrogen-bond donors (Lipinski definition) is 0. The van der Waals surface area contributed by atoms with E-state index in [0.717, 1.165) is 16.6 Å². The number of thiophene rings is 1. The lowest BCUT2D eigenvalue weighted by molar-refractivity contribution is 0.669. The summed E-state index contributed by atoms with van der Waals surface area (Å²) < 4.78 is 8.92. The predicted molar refractivity (Wildman–Crippen MR) is 207 cm³/mol. The largest absolute Gasteiger partial charge is 0.456 e. The summed E-state index contributed by atoms with van der Waals surface area (Å²) in [6.45, 7) is 0. The molecule has 0 aliphatic heterocycles. The van der Waals surface area contributed by atoms with E-state index in [2.05, 4.69) is 146 Å². The highest BCUT2D eigenvalue weighted by atomic mass is 32.1. The fourth-order valence-corrected chi connectivity index (χ4v) is 9.41. The van der Waals surface area contributed by atoms with Crippen LogP contribution < -0.4 is 0 Å². The van der Waals surface area contributed by atoms with Gasteiger partial charge in [-0.15, -0.1) is 11.3 Å². The highest BCUT2D eigenvalue weighted by molar-refractivity contribution is 7.26. The third-order valence-corrected chi connectivity index (χ3v) is 11.4. The molecule has 0 aliphatic carbocycles. The summed E-state index contributed by atoms with van der Waals surface area (Å²) in [5.41, 5.74) is 9.31. The predicted octanol–water partition coefficient (Wildman–Crippen LogP) is 13.9. The van der Waals surface area contributed by atoms with Crippen LogP contribution in [0.1, 0.15) is 0 Å². The summed E-state index contributed by atoms with van der Waals surface area (Å²) in [6.07, 6.45) is 0. The quantitative estimate of drug-likeness (QED) is 0.140. The Morgan fingerprint density at radius 3 is 1.67 bits per heavy atom. The first-order valence-corrected chi connectivity index (χ1v) is 17.2. The van der Waals surface area contributed by atoms with Crippen LogP contribution in [0.15, 0.2) is 162 Å². The lowest BCUT2D eigenvalue weighted by atomic mass is 9.83. The minimum absolute atomic E-state index is 0.920. The van der Waals surface area contributed by atoms with E-state index in [1.54, 1.807) is 0 Å². The van der Waals surface area contributed by atoms with Crippen molar-refractivity contribution in [2.75, 3.05) is 0 Å². The molecule has 11 rings (SSSR count). The maximum absolute atomic E-state index is 6.21. The molecule has 0 radical (unpaired) electrons. The molecule has 0 atom stereocenters.